The molecule has 2 atom stereocenters. The molecule has 0 bridgehead atoms. The van der Waals surface area contributed by atoms with E-state index in [-0.39, 0.29) is 17.6 Å². The van der Waals surface area contributed by atoms with Gasteiger partial charge in [-0.25, -0.2) is 0 Å². The number of Topliss-reactive ketones (excluding diaryl/α,β-unsaturated/α-hetero) is 1. The average molecular weight is 278 g/mol. The SMILES string of the molecule is O=C(O)[C@H]1CCC[C@@H](C(=O)c2ccc(CS)cc2)C1. The summed E-state index contributed by atoms with van der Waals surface area (Å²) in [4.78, 5) is 23.4. The van der Waals surface area contributed by atoms with Gasteiger partial charge in [-0.3, -0.25) is 9.59 Å². The van der Waals surface area contributed by atoms with E-state index in [9.17, 15) is 9.59 Å². The predicted molar refractivity (Wildman–Crippen MR) is 76.5 cm³/mol. The van der Waals surface area contributed by atoms with E-state index in [4.69, 9.17) is 5.11 Å². The van der Waals surface area contributed by atoms with Crippen LogP contribution in [-0.2, 0) is 10.5 Å². The average Bonchev–Trinajstić information content (AvgIpc) is 2.46. The highest BCUT2D eigenvalue weighted by atomic mass is 32.1. The quantitative estimate of drug-likeness (QED) is 0.657. The van der Waals surface area contributed by atoms with Gasteiger partial charge in [0.15, 0.2) is 5.78 Å². The van der Waals surface area contributed by atoms with E-state index in [1.54, 1.807) is 0 Å². The highest BCUT2D eigenvalue weighted by Gasteiger charge is 2.31. The fraction of sp³-hybridized carbons (Fsp3) is 0.467. The Morgan fingerprint density at radius 2 is 1.79 bits per heavy atom. The predicted octanol–water partition coefficient (Wildman–Crippen LogP) is 3.19. The molecule has 102 valence electrons. The molecule has 1 aromatic rings. The number of carboxylic acid groups (broad SMARTS) is 1. The van der Waals surface area contributed by atoms with Crippen LogP contribution in [0.15, 0.2) is 24.3 Å². The Bertz CT molecular complexity index is 467. The molecule has 1 aromatic carbocycles. The monoisotopic (exact) mass is 278 g/mol. The molecule has 0 spiro atoms. The van der Waals surface area contributed by atoms with Crippen LogP contribution in [0.1, 0.15) is 41.6 Å². The van der Waals surface area contributed by atoms with Gasteiger partial charge in [-0.05, 0) is 24.8 Å². The van der Waals surface area contributed by atoms with Gasteiger partial charge in [-0.15, -0.1) is 0 Å². The standard InChI is InChI=1S/C15H18O3S/c16-14(11-6-4-10(9-19)5-7-11)12-2-1-3-13(8-12)15(17)18/h4-7,12-13,19H,1-3,8-9H2,(H,17,18)/t12-,13+/m1/s1. The van der Waals surface area contributed by atoms with Crippen molar-refractivity contribution in [2.45, 2.75) is 31.4 Å². The molecule has 1 fully saturated rings. The Kier molecular flexibility index (Phi) is 4.64. The maximum absolute atomic E-state index is 12.4. The lowest BCUT2D eigenvalue weighted by molar-refractivity contribution is -0.143. The van der Waals surface area contributed by atoms with Crippen LogP contribution in [0.25, 0.3) is 0 Å². The molecule has 0 unspecified atom stereocenters. The Labute approximate surface area is 118 Å². The van der Waals surface area contributed by atoms with Crippen LogP contribution >= 0.6 is 12.6 Å². The lowest BCUT2D eigenvalue weighted by Gasteiger charge is -2.25. The van der Waals surface area contributed by atoms with Crippen LogP contribution in [-0.4, -0.2) is 16.9 Å². The van der Waals surface area contributed by atoms with Gasteiger partial charge >= 0.3 is 5.97 Å². The van der Waals surface area contributed by atoms with E-state index in [1.807, 2.05) is 24.3 Å². The summed E-state index contributed by atoms with van der Waals surface area (Å²) >= 11 is 4.18. The molecule has 0 aromatic heterocycles. The fourth-order valence-corrected chi connectivity index (χ4v) is 2.87. The molecule has 3 nitrogen and oxygen atoms in total. The molecule has 0 amide bonds. The molecule has 0 heterocycles. The second-order valence-corrected chi connectivity index (χ2v) is 5.43. The van der Waals surface area contributed by atoms with Crippen molar-refractivity contribution < 1.29 is 14.7 Å². The van der Waals surface area contributed by atoms with E-state index >= 15 is 0 Å². The number of thiol groups is 1. The topological polar surface area (TPSA) is 54.4 Å². The number of rotatable bonds is 4. The van der Waals surface area contributed by atoms with E-state index in [1.165, 1.54) is 0 Å². The number of hydrogen-bond donors (Lipinski definition) is 2. The third-order valence-electron chi connectivity index (χ3n) is 3.82. The highest BCUT2D eigenvalue weighted by Crippen LogP contribution is 2.31. The minimum absolute atomic E-state index is 0.0802. The summed E-state index contributed by atoms with van der Waals surface area (Å²) in [6, 6.07) is 7.44. The molecule has 0 saturated heterocycles. The van der Waals surface area contributed by atoms with E-state index in [0.717, 1.165) is 18.4 Å². The Hall–Kier alpha value is -1.29. The number of carbonyl (C=O) groups is 2. The van der Waals surface area contributed by atoms with Crippen LogP contribution < -0.4 is 0 Å². The first-order chi connectivity index (χ1) is 9.11. The van der Waals surface area contributed by atoms with Crippen molar-refractivity contribution in [3.05, 3.63) is 35.4 Å². The molecule has 1 N–H and O–H groups in total. The van der Waals surface area contributed by atoms with Crippen molar-refractivity contribution >= 4 is 24.4 Å². The molecule has 1 aliphatic rings. The third kappa shape index (κ3) is 3.38. The maximum atomic E-state index is 12.4. The number of benzene rings is 1. The Balaban J connectivity index is 2.07. The zero-order valence-electron chi connectivity index (χ0n) is 10.7. The third-order valence-corrected chi connectivity index (χ3v) is 4.18. The number of hydrogen-bond acceptors (Lipinski definition) is 3. The van der Waals surface area contributed by atoms with Crippen LogP contribution in [0, 0.1) is 11.8 Å². The van der Waals surface area contributed by atoms with Crippen LogP contribution in [0.5, 0.6) is 0 Å². The first kappa shape index (κ1) is 14.1. The van der Waals surface area contributed by atoms with E-state index in [0.29, 0.717) is 24.2 Å². The van der Waals surface area contributed by atoms with Gasteiger partial charge in [-0.1, -0.05) is 30.7 Å². The molecule has 1 saturated carbocycles. The Morgan fingerprint density at radius 3 is 2.37 bits per heavy atom. The van der Waals surface area contributed by atoms with Crippen LogP contribution in [0.4, 0.5) is 0 Å². The summed E-state index contributed by atoms with van der Waals surface area (Å²) in [6.45, 7) is 0. The minimum Gasteiger partial charge on any atom is -0.481 e. The van der Waals surface area contributed by atoms with Gasteiger partial charge in [0, 0.05) is 17.2 Å². The summed E-state index contributed by atoms with van der Waals surface area (Å²) in [6.07, 6.45) is 2.79. The van der Waals surface area contributed by atoms with Gasteiger partial charge in [0.2, 0.25) is 0 Å². The van der Waals surface area contributed by atoms with Gasteiger partial charge in [-0.2, -0.15) is 12.6 Å². The first-order valence-electron chi connectivity index (χ1n) is 6.58. The van der Waals surface area contributed by atoms with Crippen molar-refractivity contribution in [1.29, 1.82) is 0 Å². The molecular formula is C15H18O3S. The maximum Gasteiger partial charge on any atom is 0.306 e. The van der Waals surface area contributed by atoms with E-state index < -0.39 is 5.97 Å². The van der Waals surface area contributed by atoms with E-state index in [2.05, 4.69) is 12.6 Å². The second kappa shape index (κ2) is 6.24. The molecule has 2 rings (SSSR count). The number of aliphatic carboxylic acids is 1. The zero-order valence-corrected chi connectivity index (χ0v) is 11.6. The fourth-order valence-electron chi connectivity index (χ4n) is 2.66. The molecule has 19 heavy (non-hydrogen) atoms. The Morgan fingerprint density at radius 1 is 1.16 bits per heavy atom. The van der Waals surface area contributed by atoms with Crippen LogP contribution in [0.3, 0.4) is 0 Å². The number of carboxylic acids is 1. The number of ketones is 1. The smallest absolute Gasteiger partial charge is 0.306 e. The van der Waals surface area contributed by atoms with Crippen molar-refractivity contribution in [2.24, 2.45) is 11.8 Å². The summed E-state index contributed by atoms with van der Waals surface area (Å²) in [7, 11) is 0. The van der Waals surface area contributed by atoms with Gasteiger partial charge < -0.3 is 5.11 Å². The number of carbonyl (C=O) groups excluding carboxylic acids is 1. The summed E-state index contributed by atoms with van der Waals surface area (Å²) in [5.74, 6) is -0.547. The van der Waals surface area contributed by atoms with Gasteiger partial charge in [0.25, 0.3) is 0 Å². The van der Waals surface area contributed by atoms with Crippen molar-refractivity contribution in [1.82, 2.24) is 0 Å². The highest BCUT2D eigenvalue weighted by molar-refractivity contribution is 7.79. The lowest BCUT2D eigenvalue weighted by Crippen LogP contribution is -2.27. The summed E-state index contributed by atoms with van der Waals surface area (Å²) < 4.78 is 0. The van der Waals surface area contributed by atoms with Gasteiger partial charge in [0.1, 0.15) is 0 Å². The minimum atomic E-state index is -0.775. The van der Waals surface area contributed by atoms with Crippen LogP contribution in [0.2, 0.25) is 0 Å². The zero-order chi connectivity index (χ0) is 13.8. The lowest BCUT2D eigenvalue weighted by atomic mass is 9.78. The molecule has 0 radical (unpaired) electrons. The summed E-state index contributed by atoms with van der Waals surface area (Å²) in [5, 5.41) is 9.06. The summed E-state index contributed by atoms with van der Waals surface area (Å²) in [5.41, 5.74) is 1.76. The second-order valence-electron chi connectivity index (χ2n) is 5.12. The van der Waals surface area contributed by atoms with Crippen molar-refractivity contribution in [2.75, 3.05) is 0 Å². The normalized spacial score (nSPS) is 23.0. The first-order valence-corrected chi connectivity index (χ1v) is 7.22. The molecular weight excluding hydrogens is 260 g/mol. The molecule has 0 aliphatic heterocycles. The molecule has 4 heteroatoms. The van der Waals surface area contributed by atoms with Gasteiger partial charge in [0.05, 0.1) is 5.92 Å². The molecule has 1 aliphatic carbocycles. The van der Waals surface area contributed by atoms with Crippen molar-refractivity contribution in [3.8, 4) is 0 Å². The van der Waals surface area contributed by atoms with Crippen molar-refractivity contribution in [3.63, 3.8) is 0 Å². The largest absolute Gasteiger partial charge is 0.481 e.